The molecule has 0 saturated carbocycles. The van der Waals surface area contributed by atoms with Crippen molar-refractivity contribution in [1.29, 1.82) is 0 Å². The number of aliphatic carboxylic acids is 3. The van der Waals surface area contributed by atoms with Gasteiger partial charge in [-0.25, -0.2) is 4.98 Å². The Morgan fingerprint density at radius 2 is 0.859 bits per heavy atom. The zero-order valence-electron chi connectivity index (χ0n) is 54.8. The average Bonchev–Trinajstić information content (AvgIpc) is 1.22. The van der Waals surface area contributed by atoms with Crippen LogP contribution in [0.1, 0.15) is 59.1 Å². The molecule has 0 radical (unpaired) electrons. The van der Waals surface area contributed by atoms with E-state index in [1.165, 1.54) is 95.2 Å². The highest BCUT2D eigenvalue weighted by atomic mass is 35.5. The maximum absolute atomic E-state index is 12.5. The van der Waals surface area contributed by atoms with E-state index < -0.39 is 17.9 Å². The SMILES string of the molecule is COC(=O)Cc1ccc(=O)[nH]c1.COC(=O)Cc1ccc(=O)n(C)c1.Cl.Clc1cccc(OC2CCNCC2)c1.Cn1cc(CC(=O)N2CCC(Oc3cccc(Cl)c3)CC2)ccc1=O.Cn1cc(CC(=O)O)ccc1=O.O=C(O)Cc1ccc(=O)[nH]c1.O=C(O)Cc1ccc(Cl)nc1. The molecule has 530 valence electrons. The summed E-state index contributed by atoms with van der Waals surface area (Å²) in [6.07, 6.45) is 14.0. The molecule has 0 aliphatic carbocycles. The van der Waals surface area contributed by atoms with Gasteiger partial charge in [-0.1, -0.05) is 83.3 Å². The highest BCUT2D eigenvalue weighted by Crippen LogP contribution is 2.23. The molecule has 0 unspecified atom stereocenters. The lowest BCUT2D eigenvalue weighted by Gasteiger charge is -2.32. The van der Waals surface area contributed by atoms with Crippen LogP contribution in [0.25, 0.3) is 0 Å². The lowest BCUT2D eigenvalue weighted by molar-refractivity contribution is -0.140. The number of carbonyl (C=O) groups is 6. The zero-order valence-corrected chi connectivity index (χ0v) is 57.9. The molecule has 2 fully saturated rings. The topological polar surface area (TPSA) is 360 Å². The number of nitrogens with one attached hydrogen (secondary N) is 3. The monoisotopic (exact) mass is 1450 g/mol. The van der Waals surface area contributed by atoms with Crippen LogP contribution in [0, 0.1) is 0 Å². The van der Waals surface area contributed by atoms with Crippen LogP contribution in [0.3, 0.4) is 0 Å². The molecule has 0 spiro atoms. The first-order valence-corrected chi connectivity index (χ1v) is 31.3. The lowest BCUT2D eigenvalue weighted by Crippen LogP contribution is -2.42. The second-order valence-corrected chi connectivity index (χ2v) is 22.9. The molecule has 99 heavy (non-hydrogen) atoms. The Hall–Kier alpha value is -10.1. The standard InChI is InChI=1S/C19H21ClN2O3.C11H14ClNO.C9H11NO3.2C8H9NO3.C7H6ClNO2.C7H7NO3.ClH/c1-21-13-14(5-6-18(21)23)11-19(24)22-9-7-16(8-10-22)25-17-4-2-3-15(20)12-17;12-9-2-1-3-11(8-9)14-10-4-6-13-7-5-10;1-10-6-7(3-4-8(10)11)5-9(12)13-2;1-12-8(11)4-6-2-3-7(10)9-5-6;1-9-5-6(4-8(11)12)2-3-7(9)10;8-6-2-1-5(4-9-6)3-7(10)11;9-6-2-1-5(4-8-6)3-7(10)11;/h2-6,12-13,16H,7-11H2,1H3;1-3,8,10,13H,4-7H2;3-4,6H,5H2,1-2H3;2-3,5H,4H2,1H3,(H,9,10);2-3,5H,4H2,1H3,(H,11,12);1-2,4H,3H2,(H,10,11);1-2,4H,3H2,(H,8,9)(H,10,11);1H. The summed E-state index contributed by atoms with van der Waals surface area (Å²) in [5.74, 6) is -1.56. The van der Waals surface area contributed by atoms with Gasteiger partial charge in [0, 0.05) is 125 Å². The summed E-state index contributed by atoms with van der Waals surface area (Å²) in [4.78, 5) is 130. The molecule has 6 aromatic heterocycles. The van der Waals surface area contributed by atoms with Crippen LogP contribution in [-0.2, 0) is 97.9 Å². The van der Waals surface area contributed by atoms with Crippen molar-refractivity contribution in [2.24, 2.45) is 21.1 Å². The summed E-state index contributed by atoms with van der Waals surface area (Å²) in [5.41, 5.74) is 3.54. The van der Waals surface area contributed by atoms with Gasteiger partial charge in [-0.2, -0.15) is 0 Å². The summed E-state index contributed by atoms with van der Waals surface area (Å²) < 4.78 is 25.0. The van der Waals surface area contributed by atoms with E-state index in [1.807, 2.05) is 47.4 Å². The van der Waals surface area contributed by atoms with E-state index in [1.54, 1.807) is 69.9 Å². The number of hydrogen-bond acceptors (Lipinski definition) is 17. The smallest absolute Gasteiger partial charge is 0.310 e. The fourth-order valence-corrected chi connectivity index (χ4v) is 9.25. The third-order valence-electron chi connectivity index (χ3n) is 13.8. The Morgan fingerprint density at radius 1 is 0.485 bits per heavy atom. The summed E-state index contributed by atoms with van der Waals surface area (Å²) in [6, 6.07) is 33.1. The van der Waals surface area contributed by atoms with Crippen LogP contribution in [-0.4, -0.2) is 137 Å². The van der Waals surface area contributed by atoms with Gasteiger partial charge < -0.3 is 68.2 Å². The van der Waals surface area contributed by atoms with Crippen molar-refractivity contribution >= 4 is 83.0 Å². The van der Waals surface area contributed by atoms with E-state index in [4.69, 9.17) is 59.6 Å². The van der Waals surface area contributed by atoms with Crippen molar-refractivity contribution in [1.82, 2.24) is 38.9 Å². The number of ether oxygens (including phenoxy) is 4. The Balaban J connectivity index is 0.000000308. The number of likely N-dealkylation sites (tertiary alicyclic amines) is 1. The number of esters is 2. The van der Waals surface area contributed by atoms with Crippen molar-refractivity contribution < 1.29 is 63.0 Å². The van der Waals surface area contributed by atoms with Gasteiger partial charge in [-0.05, 0) is 102 Å². The van der Waals surface area contributed by atoms with Crippen LogP contribution in [0.15, 0.2) is 182 Å². The molecule has 2 aromatic carbocycles. The van der Waals surface area contributed by atoms with Crippen molar-refractivity contribution in [2.45, 2.75) is 76.4 Å². The first kappa shape index (κ1) is 83.1. The first-order chi connectivity index (χ1) is 46.7. The van der Waals surface area contributed by atoms with Crippen LogP contribution in [0.2, 0.25) is 15.2 Å². The van der Waals surface area contributed by atoms with E-state index in [-0.39, 0.29) is 96.3 Å². The molecule has 26 nitrogen and oxygen atoms in total. The molecule has 1 amide bonds. The Kier molecular flexibility index (Phi) is 37.5. The minimum atomic E-state index is -0.906. The Morgan fingerprint density at radius 3 is 1.24 bits per heavy atom. The highest BCUT2D eigenvalue weighted by Gasteiger charge is 2.24. The van der Waals surface area contributed by atoms with Crippen LogP contribution < -0.4 is 42.6 Å². The largest absolute Gasteiger partial charge is 0.490 e. The summed E-state index contributed by atoms with van der Waals surface area (Å²) in [7, 11) is 7.59. The maximum atomic E-state index is 12.5. The molecular formula is C69H78Cl4N8O18. The normalized spacial score (nSPS) is 12.1. The number of H-pyrrole nitrogens is 2. The number of methoxy groups -OCH3 is 2. The molecule has 0 atom stereocenters. The number of rotatable bonds is 16. The number of halogens is 4. The van der Waals surface area contributed by atoms with Gasteiger partial charge in [0.2, 0.25) is 33.7 Å². The molecule has 2 saturated heterocycles. The van der Waals surface area contributed by atoms with Crippen molar-refractivity contribution in [2.75, 3.05) is 40.4 Å². The number of piperidine rings is 2. The Bertz CT molecular complexity index is 4160. The van der Waals surface area contributed by atoms with E-state index in [0.717, 1.165) is 72.0 Å². The van der Waals surface area contributed by atoms with Crippen LogP contribution in [0.4, 0.5) is 0 Å². The molecule has 8 heterocycles. The van der Waals surface area contributed by atoms with Crippen LogP contribution in [0.5, 0.6) is 11.5 Å². The molecule has 10 rings (SSSR count). The minimum absolute atomic E-state index is 0. The number of aromatic amines is 2. The number of benzene rings is 2. The van der Waals surface area contributed by atoms with Gasteiger partial charge in [0.1, 0.15) is 28.9 Å². The molecule has 0 bridgehead atoms. The third-order valence-corrected chi connectivity index (χ3v) is 14.5. The van der Waals surface area contributed by atoms with E-state index in [0.29, 0.717) is 52.5 Å². The molecule has 8 aromatic rings. The zero-order chi connectivity index (χ0) is 72.1. The Labute approximate surface area is 590 Å². The highest BCUT2D eigenvalue weighted by molar-refractivity contribution is 6.31. The summed E-state index contributed by atoms with van der Waals surface area (Å²) in [5, 5.41) is 30.2. The minimum Gasteiger partial charge on any atom is -0.490 e. The van der Waals surface area contributed by atoms with Gasteiger partial charge in [0.25, 0.3) is 0 Å². The van der Waals surface area contributed by atoms with E-state index >= 15 is 0 Å². The fraction of sp³-hybridized carbons (Fsp3) is 0.304. The average molecular weight is 1450 g/mol. The predicted octanol–water partition coefficient (Wildman–Crippen LogP) is 7.11. The number of aryl methyl sites for hydroxylation is 3. The maximum Gasteiger partial charge on any atom is 0.310 e. The lowest BCUT2D eigenvalue weighted by atomic mass is 10.1. The van der Waals surface area contributed by atoms with E-state index in [9.17, 15) is 52.7 Å². The molecule has 6 N–H and O–H groups in total. The van der Waals surface area contributed by atoms with Gasteiger partial charge in [-0.3, -0.25) is 52.7 Å². The van der Waals surface area contributed by atoms with E-state index in [2.05, 4.69) is 29.7 Å². The third kappa shape index (κ3) is 34.6. The molecule has 2 aliphatic heterocycles. The number of carboxylic acids is 3. The molecule has 30 heteroatoms. The number of pyridine rings is 6. The first-order valence-electron chi connectivity index (χ1n) is 30.2. The number of hydrogen-bond donors (Lipinski definition) is 6. The number of nitrogens with zero attached hydrogens (tertiary/aromatic N) is 5. The molecular weight excluding hydrogens is 1370 g/mol. The number of aromatic nitrogens is 6. The second-order valence-electron chi connectivity index (χ2n) is 21.6. The van der Waals surface area contributed by atoms with Gasteiger partial charge in [-0.15, -0.1) is 12.4 Å². The summed E-state index contributed by atoms with van der Waals surface area (Å²) in [6.45, 7) is 3.45. The summed E-state index contributed by atoms with van der Waals surface area (Å²) >= 11 is 17.3. The van der Waals surface area contributed by atoms with Gasteiger partial charge >= 0.3 is 29.8 Å². The number of carbonyl (C=O) groups excluding carboxylic acids is 3. The van der Waals surface area contributed by atoms with Gasteiger partial charge in [0.15, 0.2) is 0 Å². The fourth-order valence-electron chi connectivity index (χ4n) is 8.77. The number of amides is 1. The predicted molar refractivity (Wildman–Crippen MR) is 374 cm³/mol. The number of carboxylic acid groups (broad SMARTS) is 3. The van der Waals surface area contributed by atoms with Crippen LogP contribution >= 0.6 is 47.2 Å². The van der Waals surface area contributed by atoms with Crippen molar-refractivity contribution in [3.8, 4) is 11.5 Å². The van der Waals surface area contributed by atoms with Gasteiger partial charge in [0.05, 0.1) is 52.7 Å². The van der Waals surface area contributed by atoms with Crippen molar-refractivity contribution in [3.05, 3.63) is 259 Å². The van der Waals surface area contributed by atoms with Crippen molar-refractivity contribution in [3.63, 3.8) is 0 Å². The second kappa shape index (κ2) is 44.7. The molecule has 2 aliphatic rings. The quantitative estimate of drug-likeness (QED) is 0.0414.